The molecule has 1 heterocycles. The number of hydrogen-bond donors (Lipinski definition) is 1. The molecule has 3 nitrogen and oxygen atoms in total. The zero-order chi connectivity index (χ0) is 7.56. The fraction of sp³-hybridized carbons (Fsp3) is 1.00. The molecule has 60 valence electrons. The van der Waals surface area contributed by atoms with Crippen molar-refractivity contribution in [1.29, 1.82) is 0 Å². The first-order chi connectivity index (χ1) is 4.70. The number of hydrogen-bond acceptors (Lipinski definition) is 2. The van der Waals surface area contributed by atoms with Crippen molar-refractivity contribution < 1.29 is 8.76 Å². The third-order valence-corrected chi connectivity index (χ3v) is 2.82. The van der Waals surface area contributed by atoms with Crippen LogP contribution in [-0.2, 0) is 11.1 Å². The SMILES string of the molecule is CN1CCCC(S(=O)O)C1. The van der Waals surface area contributed by atoms with E-state index in [0.717, 1.165) is 25.9 Å². The lowest BCUT2D eigenvalue weighted by atomic mass is 10.1. The zero-order valence-electron chi connectivity index (χ0n) is 6.12. The molecule has 1 saturated heterocycles. The third kappa shape index (κ3) is 2.04. The van der Waals surface area contributed by atoms with Gasteiger partial charge in [-0.15, -0.1) is 0 Å². The van der Waals surface area contributed by atoms with Gasteiger partial charge in [0, 0.05) is 6.54 Å². The van der Waals surface area contributed by atoms with E-state index in [2.05, 4.69) is 4.90 Å². The van der Waals surface area contributed by atoms with E-state index in [1.165, 1.54) is 0 Å². The number of rotatable bonds is 1. The molecule has 1 aliphatic rings. The quantitative estimate of drug-likeness (QED) is 0.565. The molecule has 2 unspecified atom stereocenters. The summed E-state index contributed by atoms with van der Waals surface area (Å²) in [6, 6.07) is 0. The summed E-state index contributed by atoms with van der Waals surface area (Å²) >= 11 is -1.61. The highest BCUT2D eigenvalue weighted by Gasteiger charge is 2.21. The minimum absolute atomic E-state index is 0.0150. The minimum Gasteiger partial charge on any atom is -0.306 e. The van der Waals surface area contributed by atoms with Crippen LogP contribution < -0.4 is 0 Å². The summed E-state index contributed by atoms with van der Waals surface area (Å²) in [7, 11) is 1.99. The highest BCUT2D eigenvalue weighted by molar-refractivity contribution is 7.79. The molecule has 1 fully saturated rings. The minimum atomic E-state index is -1.61. The average molecular weight is 163 g/mol. The van der Waals surface area contributed by atoms with Gasteiger partial charge < -0.3 is 9.45 Å². The molecule has 0 bridgehead atoms. The third-order valence-electron chi connectivity index (χ3n) is 1.87. The van der Waals surface area contributed by atoms with Crippen molar-refractivity contribution in [3.8, 4) is 0 Å². The first kappa shape index (κ1) is 8.17. The molecule has 0 aromatic carbocycles. The summed E-state index contributed by atoms with van der Waals surface area (Å²) in [4.78, 5) is 2.10. The van der Waals surface area contributed by atoms with Gasteiger partial charge >= 0.3 is 0 Å². The van der Waals surface area contributed by atoms with Crippen molar-refractivity contribution in [2.45, 2.75) is 18.1 Å². The summed E-state index contributed by atoms with van der Waals surface area (Å²) in [5, 5.41) is -0.0150. The number of piperidine rings is 1. The van der Waals surface area contributed by atoms with Crippen LogP contribution in [0.2, 0.25) is 0 Å². The van der Waals surface area contributed by atoms with Gasteiger partial charge in [-0.25, -0.2) is 4.21 Å². The molecule has 0 aromatic rings. The van der Waals surface area contributed by atoms with E-state index in [-0.39, 0.29) is 5.25 Å². The molecular formula is C6H13NO2S. The van der Waals surface area contributed by atoms with Crippen LogP contribution in [0, 0.1) is 0 Å². The van der Waals surface area contributed by atoms with Gasteiger partial charge in [0.25, 0.3) is 0 Å². The van der Waals surface area contributed by atoms with E-state index in [1.807, 2.05) is 7.05 Å². The molecule has 0 aliphatic carbocycles. The van der Waals surface area contributed by atoms with Crippen molar-refractivity contribution >= 4 is 11.1 Å². The highest BCUT2D eigenvalue weighted by Crippen LogP contribution is 2.11. The summed E-state index contributed by atoms with van der Waals surface area (Å²) < 4.78 is 19.3. The van der Waals surface area contributed by atoms with Gasteiger partial charge in [-0.3, -0.25) is 0 Å². The highest BCUT2D eigenvalue weighted by atomic mass is 32.2. The maximum absolute atomic E-state index is 10.6. The topological polar surface area (TPSA) is 40.5 Å². The second kappa shape index (κ2) is 3.46. The Labute approximate surface area is 63.7 Å². The van der Waals surface area contributed by atoms with Crippen molar-refractivity contribution in [3.05, 3.63) is 0 Å². The fourth-order valence-corrected chi connectivity index (χ4v) is 2.03. The van der Waals surface area contributed by atoms with Crippen LogP contribution in [0.1, 0.15) is 12.8 Å². The number of likely N-dealkylation sites (tertiary alicyclic amines) is 1. The second-order valence-corrected chi connectivity index (χ2v) is 4.02. The molecule has 0 saturated carbocycles. The molecule has 1 aliphatic heterocycles. The maximum Gasteiger partial charge on any atom is 0.157 e. The normalized spacial score (nSPS) is 32.0. The lowest BCUT2D eigenvalue weighted by molar-refractivity contribution is 0.276. The van der Waals surface area contributed by atoms with Crippen LogP contribution in [0.4, 0.5) is 0 Å². The molecule has 0 aromatic heterocycles. The molecular weight excluding hydrogens is 150 g/mol. The van der Waals surface area contributed by atoms with E-state index in [1.54, 1.807) is 0 Å². The van der Waals surface area contributed by atoms with E-state index in [0.29, 0.717) is 0 Å². The maximum atomic E-state index is 10.6. The Morgan fingerprint density at radius 2 is 2.40 bits per heavy atom. The van der Waals surface area contributed by atoms with Crippen LogP contribution in [0.15, 0.2) is 0 Å². The van der Waals surface area contributed by atoms with Crippen LogP contribution >= 0.6 is 0 Å². The molecule has 1 rings (SSSR count). The molecule has 0 amide bonds. The Kier molecular flexibility index (Phi) is 2.82. The van der Waals surface area contributed by atoms with Crippen LogP contribution in [0.25, 0.3) is 0 Å². The predicted molar refractivity (Wildman–Crippen MR) is 41.3 cm³/mol. The van der Waals surface area contributed by atoms with Gasteiger partial charge in [-0.1, -0.05) is 0 Å². The lowest BCUT2D eigenvalue weighted by Crippen LogP contribution is -2.37. The van der Waals surface area contributed by atoms with Gasteiger partial charge in [0.1, 0.15) is 0 Å². The van der Waals surface area contributed by atoms with Crippen LogP contribution in [0.3, 0.4) is 0 Å². The van der Waals surface area contributed by atoms with E-state index >= 15 is 0 Å². The Balaban J connectivity index is 2.39. The molecule has 10 heavy (non-hydrogen) atoms. The fourth-order valence-electron chi connectivity index (χ4n) is 1.28. The molecule has 0 spiro atoms. The smallest absolute Gasteiger partial charge is 0.157 e. The summed E-state index contributed by atoms with van der Waals surface area (Å²) in [5.74, 6) is 0. The molecule has 0 radical (unpaired) electrons. The second-order valence-electron chi connectivity index (χ2n) is 2.80. The van der Waals surface area contributed by atoms with Gasteiger partial charge in [-0.2, -0.15) is 0 Å². The molecule has 4 heteroatoms. The Morgan fingerprint density at radius 1 is 1.70 bits per heavy atom. The van der Waals surface area contributed by atoms with Gasteiger partial charge in [-0.05, 0) is 26.4 Å². The van der Waals surface area contributed by atoms with Crippen molar-refractivity contribution in [3.63, 3.8) is 0 Å². The lowest BCUT2D eigenvalue weighted by Gasteiger charge is -2.26. The molecule has 1 N–H and O–H groups in total. The van der Waals surface area contributed by atoms with Gasteiger partial charge in [0.05, 0.1) is 5.25 Å². The first-order valence-electron chi connectivity index (χ1n) is 3.48. The van der Waals surface area contributed by atoms with Crippen molar-refractivity contribution in [1.82, 2.24) is 4.90 Å². The Hall–Kier alpha value is 0.0700. The monoisotopic (exact) mass is 163 g/mol. The zero-order valence-corrected chi connectivity index (χ0v) is 6.93. The average Bonchev–Trinajstić information content (AvgIpc) is 1.88. The predicted octanol–water partition coefficient (Wildman–Crippen LogP) is 0.302. The first-order valence-corrected chi connectivity index (χ1v) is 4.65. The summed E-state index contributed by atoms with van der Waals surface area (Å²) in [5.41, 5.74) is 0. The summed E-state index contributed by atoms with van der Waals surface area (Å²) in [6.07, 6.45) is 1.95. The summed E-state index contributed by atoms with van der Waals surface area (Å²) in [6.45, 7) is 1.83. The van der Waals surface area contributed by atoms with E-state index in [9.17, 15) is 4.21 Å². The largest absolute Gasteiger partial charge is 0.306 e. The van der Waals surface area contributed by atoms with E-state index < -0.39 is 11.1 Å². The number of nitrogens with zero attached hydrogens (tertiary/aromatic N) is 1. The van der Waals surface area contributed by atoms with Crippen LogP contribution in [-0.4, -0.2) is 39.0 Å². The van der Waals surface area contributed by atoms with E-state index in [4.69, 9.17) is 4.55 Å². The van der Waals surface area contributed by atoms with Gasteiger partial charge in [0.2, 0.25) is 0 Å². The van der Waals surface area contributed by atoms with Crippen molar-refractivity contribution in [2.24, 2.45) is 0 Å². The van der Waals surface area contributed by atoms with Crippen LogP contribution in [0.5, 0.6) is 0 Å². The van der Waals surface area contributed by atoms with Crippen molar-refractivity contribution in [2.75, 3.05) is 20.1 Å². The Morgan fingerprint density at radius 3 is 2.80 bits per heavy atom. The van der Waals surface area contributed by atoms with Gasteiger partial charge in [0.15, 0.2) is 11.1 Å². The molecule has 2 atom stereocenters. The Bertz CT molecular complexity index is 140. The standard InChI is InChI=1S/C6H13NO2S/c1-7-4-2-3-6(5-7)10(8)9/h6H,2-5H2,1H3,(H,8,9).